The number of hydrogen-bond donors (Lipinski definition) is 1. The van der Waals surface area contributed by atoms with E-state index in [2.05, 4.69) is 0 Å². The van der Waals surface area contributed by atoms with Gasteiger partial charge in [0.05, 0.1) is 32.4 Å². The Morgan fingerprint density at radius 1 is 0.758 bits per heavy atom. The lowest BCUT2D eigenvalue weighted by molar-refractivity contribution is -0.0760. The van der Waals surface area contributed by atoms with Gasteiger partial charge in [0, 0.05) is 0 Å². The number of nitrogens with zero attached hydrogens (tertiary/aromatic N) is 1. The molecule has 3 aromatic rings. The number of benzene rings is 3. The highest BCUT2D eigenvalue weighted by atomic mass is 16.6. The minimum Gasteiger partial charge on any atom is -0.445 e. The second-order valence-corrected chi connectivity index (χ2v) is 8.04. The summed E-state index contributed by atoms with van der Waals surface area (Å²) < 4.78 is 17.9. The lowest BCUT2D eigenvalue weighted by atomic mass is 10.1. The van der Waals surface area contributed by atoms with E-state index in [1.807, 2.05) is 91.0 Å². The topological polar surface area (TPSA) is 68.2 Å². The van der Waals surface area contributed by atoms with E-state index in [0.717, 1.165) is 16.7 Å². The van der Waals surface area contributed by atoms with Crippen LogP contribution in [0.3, 0.4) is 0 Å². The van der Waals surface area contributed by atoms with Crippen LogP contribution in [0.4, 0.5) is 4.79 Å². The molecule has 1 fully saturated rings. The maximum Gasteiger partial charge on any atom is 0.410 e. The van der Waals surface area contributed by atoms with E-state index in [1.165, 1.54) is 4.90 Å². The Balaban J connectivity index is 1.45. The molecule has 1 saturated heterocycles. The van der Waals surface area contributed by atoms with Crippen LogP contribution in [0.5, 0.6) is 0 Å². The highest BCUT2D eigenvalue weighted by Gasteiger charge is 2.46. The third-order valence-electron chi connectivity index (χ3n) is 5.74. The number of aliphatic hydroxyl groups is 1. The summed E-state index contributed by atoms with van der Waals surface area (Å²) in [5.41, 5.74) is 2.95. The molecular weight excluding hydrogens is 418 g/mol. The summed E-state index contributed by atoms with van der Waals surface area (Å²) in [7, 11) is 0. The van der Waals surface area contributed by atoms with Gasteiger partial charge in [-0.3, -0.25) is 4.90 Å². The number of ether oxygens (including phenoxy) is 3. The first-order chi connectivity index (χ1) is 16.2. The normalized spacial score (nSPS) is 20.0. The average molecular weight is 448 g/mol. The molecule has 4 rings (SSSR count). The molecule has 6 heteroatoms. The van der Waals surface area contributed by atoms with Crippen molar-refractivity contribution >= 4 is 6.09 Å². The fourth-order valence-corrected chi connectivity index (χ4v) is 3.98. The first-order valence-electron chi connectivity index (χ1n) is 11.1. The van der Waals surface area contributed by atoms with Gasteiger partial charge in [0.15, 0.2) is 0 Å². The molecule has 0 aromatic heterocycles. The van der Waals surface area contributed by atoms with Gasteiger partial charge in [0.25, 0.3) is 0 Å². The molecule has 0 radical (unpaired) electrons. The summed E-state index contributed by atoms with van der Waals surface area (Å²) in [6.45, 7) is 0.956. The van der Waals surface area contributed by atoms with Crippen molar-refractivity contribution in [3.8, 4) is 0 Å². The van der Waals surface area contributed by atoms with Gasteiger partial charge in [0.2, 0.25) is 0 Å². The molecule has 1 amide bonds. The number of aliphatic hydroxyl groups excluding tert-OH is 1. The van der Waals surface area contributed by atoms with Crippen LogP contribution in [0.25, 0.3) is 0 Å². The van der Waals surface area contributed by atoms with Crippen molar-refractivity contribution in [1.82, 2.24) is 4.90 Å². The van der Waals surface area contributed by atoms with Crippen LogP contribution < -0.4 is 0 Å². The Morgan fingerprint density at radius 2 is 1.24 bits per heavy atom. The minimum absolute atomic E-state index is 0.166. The van der Waals surface area contributed by atoms with E-state index in [9.17, 15) is 9.90 Å². The van der Waals surface area contributed by atoms with Crippen molar-refractivity contribution < 1.29 is 24.1 Å². The smallest absolute Gasteiger partial charge is 0.410 e. The van der Waals surface area contributed by atoms with Crippen molar-refractivity contribution in [2.45, 2.75) is 38.1 Å². The fourth-order valence-electron chi connectivity index (χ4n) is 3.98. The second-order valence-electron chi connectivity index (χ2n) is 8.04. The molecule has 0 bridgehead atoms. The summed E-state index contributed by atoms with van der Waals surface area (Å²) in [5.74, 6) is 0. The van der Waals surface area contributed by atoms with Gasteiger partial charge in [0.1, 0.15) is 18.8 Å². The van der Waals surface area contributed by atoms with E-state index in [0.29, 0.717) is 13.2 Å². The van der Waals surface area contributed by atoms with Gasteiger partial charge < -0.3 is 19.3 Å². The molecule has 3 atom stereocenters. The van der Waals surface area contributed by atoms with Gasteiger partial charge in [-0.2, -0.15) is 0 Å². The quantitative estimate of drug-likeness (QED) is 0.533. The zero-order valence-corrected chi connectivity index (χ0v) is 18.5. The average Bonchev–Trinajstić information content (AvgIpc) is 3.24. The summed E-state index contributed by atoms with van der Waals surface area (Å²) in [5, 5.41) is 10.2. The van der Waals surface area contributed by atoms with Crippen molar-refractivity contribution in [2.24, 2.45) is 0 Å². The summed E-state index contributed by atoms with van der Waals surface area (Å²) in [6, 6.07) is 28.6. The molecule has 1 aliphatic rings. The molecule has 0 saturated carbocycles. The molecule has 0 aliphatic carbocycles. The number of amides is 1. The number of carbonyl (C=O) groups is 1. The summed E-state index contributed by atoms with van der Waals surface area (Å²) in [6.07, 6.45) is -1.37. The first-order valence-corrected chi connectivity index (χ1v) is 11.1. The standard InChI is InChI=1S/C27H29NO5/c29-17-24-26(32-19-22-12-6-2-7-13-22)25(31-18-21-10-4-1-5-11-21)16-28(24)27(30)33-20-23-14-8-3-9-15-23/h1-15,24-26,29H,16-20H2/t24-,25-,26-/m0/s1. The van der Waals surface area contributed by atoms with Crippen LogP contribution in [-0.2, 0) is 34.0 Å². The maximum atomic E-state index is 12.9. The zero-order valence-electron chi connectivity index (χ0n) is 18.5. The highest BCUT2D eigenvalue weighted by molar-refractivity contribution is 5.69. The van der Waals surface area contributed by atoms with Gasteiger partial charge in [-0.15, -0.1) is 0 Å². The number of hydrogen-bond acceptors (Lipinski definition) is 5. The van der Waals surface area contributed by atoms with Crippen molar-refractivity contribution in [1.29, 1.82) is 0 Å². The van der Waals surface area contributed by atoms with Crippen LogP contribution in [0.15, 0.2) is 91.0 Å². The first kappa shape index (κ1) is 23.0. The van der Waals surface area contributed by atoms with Gasteiger partial charge in [-0.05, 0) is 16.7 Å². The van der Waals surface area contributed by atoms with E-state index in [-0.39, 0.29) is 19.8 Å². The van der Waals surface area contributed by atoms with Gasteiger partial charge >= 0.3 is 6.09 Å². The predicted molar refractivity (Wildman–Crippen MR) is 124 cm³/mol. The van der Waals surface area contributed by atoms with Gasteiger partial charge in [-0.25, -0.2) is 4.79 Å². The third kappa shape index (κ3) is 6.20. The van der Waals surface area contributed by atoms with Crippen LogP contribution in [0, 0.1) is 0 Å². The molecule has 1 heterocycles. The van der Waals surface area contributed by atoms with Gasteiger partial charge in [-0.1, -0.05) is 91.0 Å². The van der Waals surface area contributed by atoms with Crippen LogP contribution in [-0.4, -0.2) is 47.5 Å². The van der Waals surface area contributed by atoms with Crippen molar-refractivity contribution in [3.05, 3.63) is 108 Å². The molecular formula is C27H29NO5. The van der Waals surface area contributed by atoms with Crippen molar-refractivity contribution in [2.75, 3.05) is 13.2 Å². The molecule has 3 aromatic carbocycles. The minimum atomic E-state index is -0.558. The second kappa shape index (κ2) is 11.6. The zero-order chi connectivity index (χ0) is 22.9. The number of carbonyl (C=O) groups excluding carboxylic acids is 1. The Hall–Kier alpha value is -3.19. The lowest BCUT2D eigenvalue weighted by Crippen LogP contribution is -2.43. The Kier molecular flexibility index (Phi) is 8.09. The fraction of sp³-hybridized carbons (Fsp3) is 0.296. The molecule has 0 unspecified atom stereocenters. The summed E-state index contributed by atoms with van der Waals surface area (Å²) >= 11 is 0. The molecule has 0 spiro atoms. The van der Waals surface area contributed by atoms with Crippen LogP contribution in [0.1, 0.15) is 16.7 Å². The van der Waals surface area contributed by atoms with E-state index >= 15 is 0 Å². The van der Waals surface area contributed by atoms with E-state index in [4.69, 9.17) is 14.2 Å². The molecule has 33 heavy (non-hydrogen) atoms. The third-order valence-corrected chi connectivity index (χ3v) is 5.74. The van der Waals surface area contributed by atoms with Crippen LogP contribution in [0.2, 0.25) is 0 Å². The Labute approximate surface area is 194 Å². The predicted octanol–water partition coefficient (Wildman–Crippen LogP) is 4.17. The van der Waals surface area contributed by atoms with E-state index < -0.39 is 24.3 Å². The highest BCUT2D eigenvalue weighted by Crippen LogP contribution is 2.27. The largest absolute Gasteiger partial charge is 0.445 e. The number of rotatable bonds is 9. The monoisotopic (exact) mass is 447 g/mol. The summed E-state index contributed by atoms with van der Waals surface area (Å²) in [4.78, 5) is 14.4. The van der Waals surface area contributed by atoms with Crippen molar-refractivity contribution in [3.63, 3.8) is 0 Å². The Bertz CT molecular complexity index is 983. The maximum absolute atomic E-state index is 12.9. The van der Waals surface area contributed by atoms with E-state index in [1.54, 1.807) is 0 Å². The lowest BCUT2D eigenvalue weighted by Gasteiger charge is -2.26. The molecule has 1 N–H and O–H groups in total. The molecule has 172 valence electrons. The van der Waals surface area contributed by atoms with Crippen LogP contribution >= 0.6 is 0 Å². The molecule has 1 aliphatic heterocycles. The molecule has 6 nitrogen and oxygen atoms in total. The Morgan fingerprint density at radius 3 is 1.76 bits per heavy atom. The SMILES string of the molecule is O=C(OCc1ccccc1)N1C[C@H](OCc2ccccc2)[C@@H](OCc2ccccc2)[C@@H]1CO. The number of likely N-dealkylation sites (tertiary alicyclic amines) is 1.